The van der Waals surface area contributed by atoms with Crippen LogP contribution in [0.15, 0.2) is 18.2 Å². The Kier molecular flexibility index (Phi) is 5.00. The monoisotopic (exact) mass is 279 g/mol. The summed E-state index contributed by atoms with van der Waals surface area (Å²) in [5.41, 5.74) is 1.84. The van der Waals surface area contributed by atoms with Crippen molar-refractivity contribution in [1.29, 1.82) is 0 Å². The molecule has 0 saturated carbocycles. The van der Waals surface area contributed by atoms with Crippen LogP contribution >= 0.6 is 0 Å². The SMILES string of the molecule is CCNCc1cccc(F)c1N1CC(C)C(N(C)C)C1. The van der Waals surface area contributed by atoms with E-state index in [1.54, 1.807) is 12.1 Å². The maximum absolute atomic E-state index is 14.3. The Morgan fingerprint density at radius 3 is 2.70 bits per heavy atom. The third kappa shape index (κ3) is 3.13. The number of halogens is 1. The highest BCUT2D eigenvalue weighted by molar-refractivity contribution is 5.56. The highest BCUT2D eigenvalue weighted by atomic mass is 19.1. The molecule has 1 aromatic rings. The lowest BCUT2D eigenvalue weighted by Gasteiger charge is -2.24. The number of para-hydroxylation sites is 1. The lowest BCUT2D eigenvalue weighted by Crippen LogP contribution is -2.34. The molecule has 4 heteroatoms. The van der Waals surface area contributed by atoms with Crippen LogP contribution in [0.1, 0.15) is 19.4 Å². The van der Waals surface area contributed by atoms with E-state index in [4.69, 9.17) is 0 Å². The Morgan fingerprint density at radius 2 is 2.10 bits per heavy atom. The van der Waals surface area contributed by atoms with E-state index in [1.165, 1.54) is 0 Å². The lowest BCUT2D eigenvalue weighted by molar-refractivity contribution is 0.266. The van der Waals surface area contributed by atoms with Crippen LogP contribution in [0.4, 0.5) is 10.1 Å². The highest BCUT2D eigenvalue weighted by Gasteiger charge is 2.33. The van der Waals surface area contributed by atoms with Crippen LogP contribution in [0, 0.1) is 11.7 Å². The second-order valence-corrected chi connectivity index (χ2v) is 5.94. The van der Waals surface area contributed by atoms with Gasteiger partial charge in [-0.05, 0) is 38.2 Å². The fraction of sp³-hybridized carbons (Fsp3) is 0.625. The van der Waals surface area contributed by atoms with Crippen molar-refractivity contribution >= 4 is 5.69 Å². The zero-order valence-corrected chi connectivity index (χ0v) is 13.0. The van der Waals surface area contributed by atoms with Gasteiger partial charge < -0.3 is 15.1 Å². The van der Waals surface area contributed by atoms with Crippen molar-refractivity contribution < 1.29 is 4.39 Å². The summed E-state index contributed by atoms with van der Waals surface area (Å²) in [6.07, 6.45) is 0. The van der Waals surface area contributed by atoms with E-state index in [1.807, 2.05) is 6.07 Å². The van der Waals surface area contributed by atoms with Crippen LogP contribution in [0.2, 0.25) is 0 Å². The molecule has 1 aliphatic heterocycles. The fourth-order valence-electron chi connectivity index (χ4n) is 3.12. The van der Waals surface area contributed by atoms with Crippen molar-refractivity contribution in [2.75, 3.05) is 38.6 Å². The molecule has 112 valence electrons. The van der Waals surface area contributed by atoms with Crippen molar-refractivity contribution in [3.63, 3.8) is 0 Å². The van der Waals surface area contributed by atoms with Gasteiger partial charge in [-0.1, -0.05) is 26.0 Å². The molecule has 1 saturated heterocycles. The van der Waals surface area contributed by atoms with Gasteiger partial charge in [0.15, 0.2) is 0 Å². The minimum atomic E-state index is -0.105. The Morgan fingerprint density at radius 1 is 1.35 bits per heavy atom. The molecule has 1 aromatic carbocycles. The van der Waals surface area contributed by atoms with Crippen molar-refractivity contribution in [3.05, 3.63) is 29.6 Å². The van der Waals surface area contributed by atoms with Crippen molar-refractivity contribution in [1.82, 2.24) is 10.2 Å². The molecule has 1 N–H and O–H groups in total. The number of nitrogens with zero attached hydrogens (tertiary/aromatic N) is 2. The van der Waals surface area contributed by atoms with Gasteiger partial charge in [0.2, 0.25) is 0 Å². The Balaban J connectivity index is 2.24. The van der Waals surface area contributed by atoms with Crippen LogP contribution < -0.4 is 10.2 Å². The summed E-state index contributed by atoms with van der Waals surface area (Å²) in [4.78, 5) is 4.45. The molecule has 1 heterocycles. The first-order valence-electron chi connectivity index (χ1n) is 7.44. The van der Waals surface area contributed by atoms with Gasteiger partial charge in [-0.25, -0.2) is 4.39 Å². The molecule has 2 atom stereocenters. The van der Waals surface area contributed by atoms with E-state index < -0.39 is 0 Å². The molecule has 0 spiro atoms. The highest BCUT2D eigenvalue weighted by Crippen LogP contribution is 2.31. The molecule has 1 fully saturated rings. The summed E-state index contributed by atoms with van der Waals surface area (Å²) in [5.74, 6) is 0.448. The summed E-state index contributed by atoms with van der Waals surface area (Å²) >= 11 is 0. The molecular formula is C16H26FN3. The Hall–Kier alpha value is -1.13. The predicted octanol–water partition coefficient (Wildman–Crippen LogP) is 2.32. The van der Waals surface area contributed by atoms with E-state index in [0.717, 1.165) is 37.4 Å². The first-order chi connectivity index (χ1) is 9.54. The number of rotatable bonds is 5. The number of nitrogens with one attached hydrogen (secondary N) is 1. The standard InChI is InChI=1S/C16H26FN3/c1-5-18-9-13-7-6-8-14(17)16(13)20-10-12(2)15(11-20)19(3)4/h6-8,12,15,18H,5,9-11H2,1-4H3. The first kappa shape index (κ1) is 15.3. The smallest absolute Gasteiger partial charge is 0.146 e. The third-order valence-corrected chi connectivity index (χ3v) is 4.19. The third-order valence-electron chi connectivity index (χ3n) is 4.19. The lowest BCUT2D eigenvalue weighted by atomic mass is 10.1. The molecule has 20 heavy (non-hydrogen) atoms. The van der Waals surface area contributed by atoms with Crippen LogP contribution in [0.25, 0.3) is 0 Å². The zero-order valence-electron chi connectivity index (χ0n) is 13.0. The largest absolute Gasteiger partial charge is 0.367 e. The van der Waals surface area contributed by atoms with E-state index in [2.05, 4.69) is 43.1 Å². The average molecular weight is 279 g/mol. The average Bonchev–Trinajstić information content (AvgIpc) is 2.78. The number of hydrogen-bond acceptors (Lipinski definition) is 3. The molecule has 2 rings (SSSR count). The maximum atomic E-state index is 14.3. The number of hydrogen-bond donors (Lipinski definition) is 1. The zero-order chi connectivity index (χ0) is 14.7. The summed E-state index contributed by atoms with van der Waals surface area (Å²) in [7, 11) is 4.21. The van der Waals surface area contributed by atoms with Crippen molar-refractivity contribution in [3.8, 4) is 0 Å². The van der Waals surface area contributed by atoms with Crippen LogP contribution in [-0.2, 0) is 6.54 Å². The summed E-state index contributed by atoms with van der Waals surface area (Å²) in [6.45, 7) is 7.75. The minimum Gasteiger partial charge on any atom is -0.367 e. The molecule has 0 amide bonds. The Bertz CT molecular complexity index is 447. The van der Waals surface area contributed by atoms with Gasteiger partial charge in [0.25, 0.3) is 0 Å². The van der Waals surface area contributed by atoms with Gasteiger partial charge in [-0.2, -0.15) is 0 Å². The van der Waals surface area contributed by atoms with E-state index in [9.17, 15) is 4.39 Å². The molecule has 1 aliphatic rings. The van der Waals surface area contributed by atoms with Gasteiger partial charge in [-0.15, -0.1) is 0 Å². The molecule has 0 aromatic heterocycles. The summed E-state index contributed by atoms with van der Waals surface area (Å²) in [6, 6.07) is 5.88. The molecule has 3 nitrogen and oxygen atoms in total. The topological polar surface area (TPSA) is 18.5 Å². The molecule has 0 aliphatic carbocycles. The van der Waals surface area contributed by atoms with Crippen LogP contribution in [-0.4, -0.2) is 44.7 Å². The van der Waals surface area contributed by atoms with E-state index in [0.29, 0.717) is 12.0 Å². The number of anilines is 1. The second kappa shape index (κ2) is 6.55. The predicted molar refractivity (Wildman–Crippen MR) is 82.6 cm³/mol. The normalized spacial score (nSPS) is 22.8. The van der Waals surface area contributed by atoms with E-state index in [-0.39, 0.29) is 5.82 Å². The maximum Gasteiger partial charge on any atom is 0.146 e. The van der Waals surface area contributed by atoms with Gasteiger partial charge in [0, 0.05) is 25.7 Å². The van der Waals surface area contributed by atoms with E-state index >= 15 is 0 Å². The number of likely N-dealkylation sites (N-methyl/N-ethyl adjacent to an activating group) is 1. The van der Waals surface area contributed by atoms with Gasteiger partial charge in [0.05, 0.1) is 5.69 Å². The van der Waals surface area contributed by atoms with Gasteiger partial charge in [0.1, 0.15) is 5.82 Å². The van der Waals surface area contributed by atoms with Crippen molar-refractivity contribution in [2.45, 2.75) is 26.4 Å². The van der Waals surface area contributed by atoms with Gasteiger partial charge in [-0.3, -0.25) is 0 Å². The quantitative estimate of drug-likeness (QED) is 0.892. The minimum absolute atomic E-state index is 0.105. The number of benzene rings is 1. The summed E-state index contributed by atoms with van der Waals surface area (Å²) in [5, 5.41) is 3.30. The second-order valence-electron chi connectivity index (χ2n) is 5.94. The molecule has 0 bridgehead atoms. The molecule has 2 unspecified atom stereocenters. The first-order valence-corrected chi connectivity index (χ1v) is 7.44. The van der Waals surface area contributed by atoms with Gasteiger partial charge >= 0.3 is 0 Å². The van der Waals surface area contributed by atoms with Crippen LogP contribution in [0.5, 0.6) is 0 Å². The molecule has 0 radical (unpaired) electrons. The van der Waals surface area contributed by atoms with Crippen LogP contribution in [0.3, 0.4) is 0 Å². The fourth-order valence-corrected chi connectivity index (χ4v) is 3.12. The molecular weight excluding hydrogens is 253 g/mol. The van der Waals surface area contributed by atoms with Crippen molar-refractivity contribution in [2.24, 2.45) is 5.92 Å². The Labute approximate surface area is 121 Å². The summed E-state index contributed by atoms with van der Waals surface area (Å²) < 4.78 is 14.3.